The monoisotopic (exact) mass is 247 g/mol. The zero-order chi connectivity index (χ0) is 9.97. The van der Waals surface area contributed by atoms with E-state index in [9.17, 15) is 0 Å². The van der Waals surface area contributed by atoms with Gasteiger partial charge in [0.15, 0.2) is 0 Å². The molecule has 0 atom stereocenters. The van der Waals surface area contributed by atoms with Crippen molar-refractivity contribution < 1.29 is 0 Å². The SMILES string of the molecule is ClCc1csc(Cn2cc(Cl)cn2)n1. The summed E-state index contributed by atoms with van der Waals surface area (Å²) in [6, 6.07) is 0. The molecule has 0 aliphatic heterocycles. The molecule has 74 valence electrons. The average molecular weight is 248 g/mol. The van der Waals surface area contributed by atoms with Gasteiger partial charge >= 0.3 is 0 Å². The van der Waals surface area contributed by atoms with E-state index in [-0.39, 0.29) is 0 Å². The molecule has 2 aromatic rings. The Kier molecular flexibility index (Phi) is 3.05. The quantitative estimate of drug-likeness (QED) is 0.782. The van der Waals surface area contributed by atoms with E-state index in [4.69, 9.17) is 23.2 Å². The average Bonchev–Trinajstić information content (AvgIpc) is 2.76. The number of halogens is 2. The smallest absolute Gasteiger partial charge is 0.114 e. The molecule has 0 bridgehead atoms. The van der Waals surface area contributed by atoms with Crippen LogP contribution in [0.5, 0.6) is 0 Å². The molecule has 0 unspecified atom stereocenters. The van der Waals surface area contributed by atoms with Gasteiger partial charge in [0, 0.05) is 11.6 Å². The first-order chi connectivity index (χ1) is 6.78. The highest BCUT2D eigenvalue weighted by Gasteiger charge is 2.02. The largest absolute Gasteiger partial charge is 0.264 e. The first kappa shape index (κ1) is 9.96. The molecule has 0 aliphatic carbocycles. The van der Waals surface area contributed by atoms with Gasteiger partial charge in [-0.15, -0.1) is 22.9 Å². The van der Waals surface area contributed by atoms with Crippen molar-refractivity contribution in [2.45, 2.75) is 12.4 Å². The number of aromatic nitrogens is 3. The van der Waals surface area contributed by atoms with E-state index < -0.39 is 0 Å². The highest BCUT2D eigenvalue weighted by Crippen LogP contribution is 2.13. The third kappa shape index (κ3) is 2.26. The molecule has 0 spiro atoms. The Morgan fingerprint density at radius 2 is 2.36 bits per heavy atom. The van der Waals surface area contributed by atoms with Gasteiger partial charge in [0.1, 0.15) is 5.01 Å². The minimum Gasteiger partial charge on any atom is -0.264 e. The zero-order valence-corrected chi connectivity index (χ0v) is 9.48. The molecule has 0 saturated heterocycles. The van der Waals surface area contributed by atoms with Crippen LogP contribution in [0.15, 0.2) is 17.8 Å². The van der Waals surface area contributed by atoms with Gasteiger partial charge in [-0.1, -0.05) is 11.6 Å². The Morgan fingerprint density at radius 3 is 2.93 bits per heavy atom. The van der Waals surface area contributed by atoms with Gasteiger partial charge in [0.25, 0.3) is 0 Å². The summed E-state index contributed by atoms with van der Waals surface area (Å²) in [4.78, 5) is 4.32. The maximum absolute atomic E-state index is 5.74. The van der Waals surface area contributed by atoms with Crippen LogP contribution in [0.1, 0.15) is 10.7 Å². The topological polar surface area (TPSA) is 30.7 Å². The summed E-state index contributed by atoms with van der Waals surface area (Å²) < 4.78 is 1.75. The molecular weight excluding hydrogens is 241 g/mol. The van der Waals surface area contributed by atoms with Crippen LogP contribution in [0, 0.1) is 0 Å². The van der Waals surface area contributed by atoms with Gasteiger partial charge in [-0.25, -0.2) is 4.98 Å². The molecular formula is C8H7Cl2N3S. The lowest BCUT2D eigenvalue weighted by Gasteiger charge is -1.95. The van der Waals surface area contributed by atoms with Crippen molar-refractivity contribution >= 4 is 34.5 Å². The lowest BCUT2D eigenvalue weighted by Crippen LogP contribution is -1.99. The summed E-state index contributed by atoms with van der Waals surface area (Å²) in [5.41, 5.74) is 0.907. The molecule has 2 heterocycles. The van der Waals surface area contributed by atoms with Crippen LogP contribution in [0.3, 0.4) is 0 Å². The predicted molar refractivity (Wildman–Crippen MR) is 58.0 cm³/mol. The van der Waals surface area contributed by atoms with E-state index in [1.807, 2.05) is 5.38 Å². The van der Waals surface area contributed by atoms with Crippen LogP contribution in [0.4, 0.5) is 0 Å². The number of hydrogen-bond donors (Lipinski definition) is 0. The second kappa shape index (κ2) is 4.29. The fourth-order valence-electron chi connectivity index (χ4n) is 1.05. The number of rotatable bonds is 3. The maximum Gasteiger partial charge on any atom is 0.114 e. The van der Waals surface area contributed by atoms with Crippen molar-refractivity contribution in [2.75, 3.05) is 0 Å². The second-order valence-electron chi connectivity index (χ2n) is 2.72. The third-order valence-electron chi connectivity index (χ3n) is 1.64. The van der Waals surface area contributed by atoms with E-state index in [1.165, 1.54) is 0 Å². The highest BCUT2D eigenvalue weighted by molar-refractivity contribution is 7.09. The van der Waals surface area contributed by atoms with Crippen molar-refractivity contribution in [3.63, 3.8) is 0 Å². The maximum atomic E-state index is 5.74. The zero-order valence-electron chi connectivity index (χ0n) is 7.15. The molecule has 6 heteroatoms. The molecule has 2 rings (SSSR count). The van der Waals surface area contributed by atoms with E-state index in [2.05, 4.69) is 10.1 Å². The van der Waals surface area contributed by atoms with Crippen molar-refractivity contribution in [2.24, 2.45) is 0 Å². The Morgan fingerprint density at radius 1 is 1.50 bits per heavy atom. The van der Waals surface area contributed by atoms with Crippen molar-refractivity contribution in [1.82, 2.24) is 14.8 Å². The van der Waals surface area contributed by atoms with Gasteiger partial charge in [-0.05, 0) is 0 Å². The van der Waals surface area contributed by atoms with E-state index in [0.717, 1.165) is 10.7 Å². The summed E-state index contributed by atoms with van der Waals surface area (Å²) >= 11 is 13.0. The van der Waals surface area contributed by atoms with E-state index in [0.29, 0.717) is 17.4 Å². The summed E-state index contributed by atoms with van der Waals surface area (Å²) in [7, 11) is 0. The van der Waals surface area contributed by atoms with Crippen LogP contribution < -0.4 is 0 Å². The Hall–Kier alpha value is -0.580. The molecule has 14 heavy (non-hydrogen) atoms. The standard InChI is InChI=1S/C8H7Cl2N3S/c9-1-7-5-14-8(12-7)4-13-3-6(10)2-11-13/h2-3,5H,1,4H2. The van der Waals surface area contributed by atoms with Gasteiger partial charge in [0.05, 0.1) is 29.3 Å². The van der Waals surface area contributed by atoms with E-state index >= 15 is 0 Å². The van der Waals surface area contributed by atoms with Gasteiger partial charge in [-0.3, -0.25) is 4.68 Å². The normalized spacial score (nSPS) is 10.7. The minimum atomic E-state index is 0.455. The van der Waals surface area contributed by atoms with Crippen LogP contribution in [0.25, 0.3) is 0 Å². The fourth-order valence-corrected chi connectivity index (χ4v) is 2.22. The van der Waals surface area contributed by atoms with Crippen LogP contribution >= 0.6 is 34.5 Å². The van der Waals surface area contributed by atoms with Crippen molar-refractivity contribution in [1.29, 1.82) is 0 Å². The number of nitrogens with zero attached hydrogens (tertiary/aromatic N) is 3. The second-order valence-corrected chi connectivity index (χ2v) is 4.37. The number of hydrogen-bond acceptors (Lipinski definition) is 3. The third-order valence-corrected chi connectivity index (χ3v) is 2.99. The minimum absolute atomic E-state index is 0.455. The molecule has 2 aromatic heterocycles. The summed E-state index contributed by atoms with van der Waals surface area (Å²) in [6.07, 6.45) is 3.38. The first-order valence-electron chi connectivity index (χ1n) is 3.95. The van der Waals surface area contributed by atoms with Crippen LogP contribution in [0.2, 0.25) is 5.02 Å². The Bertz CT molecular complexity index is 424. The summed E-state index contributed by atoms with van der Waals surface area (Å²) in [5.74, 6) is 0.455. The Balaban J connectivity index is 2.10. The van der Waals surface area contributed by atoms with Gasteiger partial charge in [-0.2, -0.15) is 5.10 Å². The van der Waals surface area contributed by atoms with Crippen molar-refractivity contribution in [3.05, 3.63) is 33.5 Å². The molecule has 0 fully saturated rings. The molecule has 0 saturated carbocycles. The molecule has 0 aliphatic rings. The predicted octanol–water partition coefficient (Wildman–Crippen LogP) is 2.78. The molecule has 0 aromatic carbocycles. The van der Waals surface area contributed by atoms with Crippen molar-refractivity contribution in [3.8, 4) is 0 Å². The fraction of sp³-hybridized carbons (Fsp3) is 0.250. The molecule has 0 radical (unpaired) electrons. The lowest BCUT2D eigenvalue weighted by atomic mass is 10.5. The van der Waals surface area contributed by atoms with Crippen LogP contribution in [-0.4, -0.2) is 14.8 Å². The summed E-state index contributed by atoms with van der Waals surface area (Å²) in [5, 5.41) is 7.64. The number of alkyl halides is 1. The van der Waals surface area contributed by atoms with Crippen LogP contribution in [-0.2, 0) is 12.4 Å². The van der Waals surface area contributed by atoms with Gasteiger partial charge < -0.3 is 0 Å². The molecule has 0 N–H and O–H groups in total. The first-order valence-corrected chi connectivity index (χ1v) is 5.74. The molecule has 0 amide bonds. The molecule has 3 nitrogen and oxygen atoms in total. The van der Waals surface area contributed by atoms with E-state index in [1.54, 1.807) is 28.4 Å². The highest BCUT2D eigenvalue weighted by atomic mass is 35.5. The number of thiazole rings is 1. The lowest BCUT2D eigenvalue weighted by molar-refractivity contribution is 0.682. The summed E-state index contributed by atoms with van der Waals surface area (Å²) in [6.45, 7) is 0.647. The Labute approximate surface area is 95.3 Å². The van der Waals surface area contributed by atoms with Gasteiger partial charge in [0.2, 0.25) is 0 Å².